The van der Waals surface area contributed by atoms with Crippen molar-refractivity contribution >= 4 is 40.8 Å². The van der Waals surface area contributed by atoms with Crippen LogP contribution >= 0.6 is 11.6 Å². The SMILES string of the molecule is O=C(OCc1ccccc1)C1=NN[C@@H]2C(=O)N(c3cccc(Cl)c3)C(=O)[C@H]12. The van der Waals surface area contributed by atoms with Crippen LogP contribution in [0.3, 0.4) is 0 Å². The minimum atomic E-state index is -1.01. The fourth-order valence-electron chi connectivity index (χ4n) is 3.12. The molecule has 0 aromatic heterocycles. The highest BCUT2D eigenvalue weighted by Gasteiger charge is 2.55. The molecule has 2 atom stereocenters. The van der Waals surface area contributed by atoms with Crippen LogP contribution < -0.4 is 10.3 Å². The van der Waals surface area contributed by atoms with Gasteiger partial charge >= 0.3 is 5.97 Å². The first kappa shape index (κ1) is 17.2. The highest BCUT2D eigenvalue weighted by Crippen LogP contribution is 2.32. The van der Waals surface area contributed by atoms with Gasteiger partial charge in [0, 0.05) is 5.02 Å². The second-order valence-electron chi connectivity index (χ2n) is 6.13. The molecule has 0 radical (unpaired) electrons. The van der Waals surface area contributed by atoms with E-state index in [0.29, 0.717) is 10.7 Å². The summed E-state index contributed by atoms with van der Waals surface area (Å²) >= 11 is 5.96. The summed E-state index contributed by atoms with van der Waals surface area (Å²) in [6, 6.07) is 14.6. The lowest BCUT2D eigenvalue weighted by Gasteiger charge is -2.15. The number of rotatable bonds is 4. The van der Waals surface area contributed by atoms with Crippen molar-refractivity contribution < 1.29 is 19.1 Å². The summed E-state index contributed by atoms with van der Waals surface area (Å²) < 4.78 is 5.25. The number of hydrazone groups is 1. The summed E-state index contributed by atoms with van der Waals surface area (Å²) in [6.07, 6.45) is 0. The number of halogens is 1. The zero-order chi connectivity index (χ0) is 19.0. The van der Waals surface area contributed by atoms with Gasteiger partial charge in [-0.1, -0.05) is 48.0 Å². The number of carbonyl (C=O) groups excluding carboxylic acids is 3. The molecule has 2 amide bonds. The van der Waals surface area contributed by atoms with E-state index in [1.165, 1.54) is 6.07 Å². The first-order valence-electron chi connectivity index (χ1n) is 8.24. The maximum atomic E-state index is 12.8. The van der Waals surface area contributed by atoms with Crippen molar-refractivity contribution in [2.75, 3.05) is 4.90 Å². The van der Waals surface area contributed by atoms with E-state index in [4.69, 9.17) is 16.3 Å². The molecule has 2 aliphatic heterocycles. The zero-order valence-corrected chi connectivity index (χ0v) is 14.7. The van der Waals surface area contributed by atoms with Crippen LogP contribution in [0.1, 0.15) is 5.56 Å². The number of esters is 1. The smallest absolute Gasteiger partial charge is 0.355 e. The Hall–Kier alpha value is -3.19. The largest absolute Gasteiger partial charge is 0.456 e. The van der Waals surface area contributed by atoms with Crippen LogP contribution in [0, 0.1) is 5.92 Å². The van der Waals surface area contributed by atoms with Gasteiger partial charge in [-0.15, -0.1) is 0 Å². The molecular weight excluding hydrogens is 370 g/mol. The summed E-state index contributed by atoms with van der Waals surface area (Å²) in [5, 5.41) is 4.27. The number of nitrogens with one attached hydrogen (secondary N) is 1. The lowest BCUT2D eigenvalue weighted by molar-refractivity contribution is -0.137. The molecule has 0 saturated carbocycles. The van der Waals surface area contributed by atoms with E-state index in [0.717, 1.165) is 10.5 Å². The quantitative estimate of drug-likeness (QED) is 0.643. The molecule has 2 aromatic carbocycles. The lowest BCUT2D eigenvalue weighted by Crippen LogP contribution is -2.36. The van der Waals surface area contributed by atoms with Gasteiger partial charge in [-0.25, -0.2) is 9.69 Å². The Bertz CT molecular complexity index is 960. The Labute approximate surface area is 159 Å². The Balaban J connectivity index is 1.52. The van der Waals surface area contributed by atoms with Crippen molar-refractivity contribution in [1.29, 1.82) is 0 Å². The van der Waals surface area contributed by atoms with Crippen LogP contribution in [0.2, 0.25) is 5.02 Å². The normalized spacial score (nSPS) is 20.9. The molecule has 1 fully saturated rings. The van der Waals surface area contributed by atoms with E-state index in [1.54, 1.807) is 18.2 Å². The van der Waals surface area contributed by atoms with Crippen molar-refractivity contribution in [3.8, 4) is 0 Å². The average Bonchev–Trinajstić information content (AvgIpc) is 3.21. The fraction of sp³-hybridized carbons (Fsp3) is 0.158. The highest BCUT2D eigenvalue weighted by molar-refractivity contribution is 6.46. The number of hydrogen-bond donors (Lipinski definition) is 1. The number of anilines is 1. The minimum absolute atomic E-state index is 0.0518. The second kappa shape index (κ2) is 6.85. The molecule has 4 rings (SSSR count). The highest BCUT2D eigenvalue weighted by atomic mass is 35.5. The second-order valence-corrected chi connectivity index (χ2v) is 6.57. The number of carbonyl (C=O) groups is 3. The minimum Gasteiger partial charge on any atom is -0.456 e. The summed E-state index contributed by atoms with van der Waals surface area (Å²) in [7, 11) is 0. The van der Waals surface area contributed by atoms with Crippen LogP contribution in [0.25, 0.3) is 0 Å². The van der Waals surface area contributed by atoms with Crippen LogP contribution in [0.15, 0.2) is 59.7 Å². The van der Waals surface area contributed by atoms with E-state index in [1.807, 2.05) is 30.3 Å². The molecule has 2 heterocycles. The molecule has 0 aliphatic carbocycles. The molecule has 136 valence electrons. The third-order valence-electron chi connectivity index (χ3n) is 4.41. The molecular formula is C19H14ClN3O4. The maximum Gasteiger partial charge on any atom is 0.355 e. The molecule has 2 aliphatic rings. The topological polar surface area (TPSA) is 88.1 Å². The predicted molar refractivity (Wildman–Crippen MR) is 98.0 cm³/mol. The number of nitrogens with zero attached hydrogens (tertiary/aromatic N) is 2. The first-order chi connectivity index (χ1) is 13.1. The number of fused-ring (bicyclic) bond motifs is 1. The van der Waals surface area contributed by atoms with Gasteiger partial charge in [-0.2, -0.15) is 5.10 Å². The number of imide groups is 1. The van der Waals surface area contributed by atoms with E-state index in [-0.39, 0.29) is 12.3 Å². The summed E-state index contributed by atoms with van der Waals surface area (Å²) in [5.74, 6) is -2.76. The van der Waals surface area contributed by atoms with Gasteiger partial charge in [0.15, 0.2) is 5.71 Å². The van der Waals surface area contributed by atoms with Gasteiger partial charge < -0.3 is 4.74 Å². The third-order valence-corrected chi connectivity index (χ3v) is 4.65. The average molecular weight is 384 g/mol. The third kappa shape index (κ3) is 3.06. The van der Waals surface area contributed by atoms with Gasteiger partial charge in [0.25, 0.3) is 5.91 Å². The molecule has 7 nitrogen and oxygen atoms in total. The fourth-order valence-corrected chi connectivity index (χ4v) is 3.31. The van der Waals surface area contributed by atoms with Gasteiger partial charge in [-0.05, 0) is 23.8 Å². The van der Waals surface area contributed by atoms with E-state index in [2.05, 4.69) is 10.5 Å². The van der Waals surface area contributed by atoms with Gasteiger partial charge in [-0.3, -0.25) is 15.0 Å². The van der Waals surface area contributed by atoms with Gasteiger partial charge in [0.2, 0.25) is 5.91 Å². The van der Waals surface area contributed by atoms with Crippen molar-refractivity contribution in [2.24, 2.45) is 11.0 Å². The van der Waals surface area contributed by atoms with Crippen LogP contribution in [0.5, 0.6) is 0 Å². The van der Waals surface area contributed by atoms with Crippen molar-refractivity contribution in [3.05, 3.63) is 65.2 Å². The Morgan fingerprint density at radius 3 is 2.63 bits per heavy atom. The summed E-state index contributed by atoms with van der Waals surface area (Å²) in [5.41, 5.74) is 3.65. The Morgan fingerprint density at radius 1 is 1.11 bits per heavy atom. The Kier molecular flexibility index (Phi) is 4.37. The standard InChI is InChI=1S/C19H14ClN3O4/c20-12-7-4-8-13(9-12)23-17(24)14-15(18(23)25)21-22-16(14)19(26)27-10-11-5-2-1-3-6-11/h1-9,14-15,21H,10H2/t14-,15-/m0/s1. The van der Waals surface area contributed by atoms with E-state index in [9.17, 15) is 14.4 Å². The molecule has 1 saturated heterocycles. The molecule has 2 aromatic rings. The molecule has 0 spiro atoms. The van der Waals surface area contributed by atoms with Crippen molar-refractivity contribution in [3.63, 3.8) is 0 Å². The first-order valence-corrected chi connectivity index (χ1v) is 8.61. The monoisotopic (exact) mass is 383 g/mol. The summed E-state index contributed by atoms with van der Waals surface area (Å²) in [4.78, 5) is 38.9. The summed E-state index contributed by atoms with van der Waals surface area (Å²) in [6.45, 7) is 0.0518. The maximum absolute atomic E-state index is 12.8. The number of benzene rings is 2. The van der Waals surface area contributed by atoms with E-state index >= 15 is 0 Å². The molecule has 1 N–H and O–H groups in total. The molecule has 8 heteroatoms. The van der Waals surface area contributed by atoms with Crippen LogP contribution in [-0.2, 0) is 25.7 Å². The lowest BCUT2D eigenvalue weighted by atomic mass is 9.99. The van der Waals surface area contributed by atoms with Crippen LogP contribution in [0.4, 0.5) is 5.69 Å². The molecule has 0 bridgehead atoms. The van der Waals surface area contributed by atoms with Crippen LogP contribution in [-0.4, -0.2) is 29.5 Å². The zero-order valence-electron chi connectivity index (χ0n) is 14.0. The van der Waals surface area contributed by atoms with Gasteiger partial charge in [0.1, 0.15) is 18.6 Å². The van der Waals surface area contributed by atoms with Crippen molar-refractivity contribution in [2.45, 2.75) is 12.6 Å². The van der Waals surface area contributed by atoms with E-state index < -0.39 is 29.7 Å². The van der Waals surface area contributed by atoms with Gasteiger partial charge in [0.05, 0.1) is 5.69 Å². The molecule has 27 heavy (non-hydrogen) atoms. The Morgan fingerprint density at radius 2 is 1.89 bits per heavy atom. The number of hydrogen-bond acceptors (Lipinski definition) is 6. The molecule has 0 unspecified atom stereocenters. The number of amides is 2. The predicted octanol–water partition coefficient (Wildman–Crippen LogP) is 1.90. The van der Waals surface area contributed by atoms with Crippen molar-refractivity contribution in [1.82, 2.24) is 5.43 Å². The number of ether oxygens (including phenoxy) is 1.